The van der Waals surface area contributed by atoms with Crippen LogP contribution in [0.4, 0.5) is 10.1 Å². The van der Waals surface area contributed by atoms with Crippen LogP contribution in [0, 0.1) is 18.7 Å². The molecule has 2 unspecified atom stereocenters. The molecule has 0 amide bonds. The monoisotopic (exact) mass is 290 g/mol. The molecule has 21 heavy (non-hydrogen) atoms. The van der Waals surface area contributed by atoms with Gasteiger partial charge < -0.3 is 10.2 Å². The minimum Gasteiger partial charge on any atom is -0.366 e. The predicted octanol–water partition coefficient (Wildman–Crippen LogP) is 3.88. The second-order valence-electron chi connectivity index (χ2n) is 6.85. The minimum absolute atomic E-state index is 0.106. The molecule has 0 aromatic heterocycles. The molecule has 1 aliphatic carbocycles. The van der Waals surface area contributed by atoms with E-state index in [1.165, 1.54) is 37.8 Å². The number of hydrogen-bond acceptors (Lipinski definition) is 2. The second-order valence-corrected chi connectivity index (χ2v) is 6.85. The van der Waals surface area contributed by atoms with Crippen molar-refractivity contribution in [3.05, 3.63) is 29.6 Å². The van der Waals surface area contributed by atoms with Crippen molar-refractivity contribution in [3.63, 3.8) is 0 Å². The van der Waals surface area contributed by atoms with Gasteiger partial charge in [-0.05, 0) is 56.4 Å². The van der Waals surface area contributed by atoms with Gasteiger partial charge in [-0.15, -0.1) is 0 Å². The Morgan fingerprint density at radius 2 is 1.95 bits per heavy atom. The first-order valence-electron chi connectivity index (χ1n) is 8.41. The van der Waals surface area contributed by atoms with Crippen LogP contribution in [0.3, 0.4) is 0 Å². The first-order valence-corrected chi connectivity index (χ1v) is 8.41. The third-order valence-electron chi connectivity index (χ3n) is 5.29. The Hall–Kier alpha value is -1.09. The van der Waals surface area contributed by atoms with Gasteiger partial charge in [0.2, 0.25) is 0 Å². The zero-order chi connectivity index (χ0) is 14.8. The highest BCUT2D eigenvalue weighted by atomic mass is 19.1. The number of piperazine rings is 1. The van der Waals surface area contributed by atoms with Crippen LogP contribution in [0.5, 0.6) is 0 Å². The summed E-state index contributed by atoms with van der Waals surface area (Å²) >= 11 is 0. The summed E-state index contributed by atoms with van der Waals surface area (Å²) in [6.07, 6.45) is 6.90. The van der Waals surface area contributed by atoms with Gasteiger partial charge in [0.1, 0.15) is 5.82 Å². The van der Waals surface area contributed by atoms with Crippen molar-refractivity contribution in [2.24, 2.45) is 5.92 Å². The van der Waals surface area contributed by atoms with Gasteiger partial charge >= 0.3 is 0 Å². The van der Waals surface area contributed by atoms with E-state index in [9.17, 15) is 4.39 Å². The van der Waals surface area contributed by atoms with Gasteiger partial charge in [-0.2, -0.15) is 0 Å². The lowest BCUT2D eigenvalue weighted by molar-refractivity contribution is 0.245. The maximum Gasteiger partial charge on any atom is 0.126 e. The molecule has 2 aliphatic rings. The van der Waals surface area contributed by atoms with E-state index in [4.69, 9.17) is 0 Å². The normalized spacial score (nSPS) is 27.9. The summed E-state index contributed by atoms with van der Waals surface area (Å²) in [7, 11) is 0. The zero-order valence-corrected chi connectivity index (χ0v) is 13.2. The largest absolute Gasteiger partial charge is 0.366 e. The van der Waals surface area contributed by atoms with E-state index in [-0.39, 0.29) is 5.82 Å². The molecule has 3 heteroatoms. The number of aryl methyl sites for hydroxylation is 1. The van der Waals surface area contributed by atoms with E-state index in [2.05, 4.69) is 17.1 Å². The summed E-state index contributed by atoms with van der Waals surface area (Å²) in [6, 6.07) is 6.59. The topological polar surface area (TPSA) is 15.3 Å². The minimum atomic E-state index is -0.106. The van der Waals surface area contributed by atoms with Crippen molar-refractivity contribution in [1.29, 1.82) is 0 Å². The average molecular weight is 290 g/mol. The van der Waals surface area contributed by atoms with Crippen molar-refractivity contribution in [2.45, 2.75) is 58.0 Å². The number of halogens is 1. The third kappa shape index (κ3) is 3.23. The maximum atomic E-state index is 13.5. The highest BCUT2D eigenvalue weighted by Crippen LogP contribution is 2.30. The van der Waals surface area contributed by atoms with Gasteiger partial charge in [0.05, 0.1) is 0 Å². The average Bonchev–Trinajstić information content (AvgIpc) is 2.51. The number of nitrogens with zero attached hydrogens (tertiary/aromatic N) is 1. The second kappa shape index (κ2) is 6.35. The number of rotatable bonds is 2. The number of benzene rings is 1. The predicted molar refractivity (Wildman–Crippen MR) is 86.3 cm³/mol. The highest BCUT2D eigenvalue weighted by Gasteiger charge is 2.31. The SMILES string of the molecule is Cc1cc(N2CC(C3CCCCC3)NCC2C)ccc1F. The van der Waals surface area contributed by atoms with Crippen molar-refractivity contribution in [2.75, 3.05) is 18.0 Å². The van der Waals surface area contributed by atoms with E-state index < -0.39 is 0 Å². The molecule has 116 valence electrons. The fourth-order valence-corrected chi connectivity index (χ4v) is 3.91. The van der Waals surface area contributed by atoms with Gasteiger partial charge in [0, 0.05) is 30.9 Å². The van der Waals surface area contributed by atoms with Crippen molar-refractivity contribution >= 4 is 5.69 Å². The first kappa shape index (κ1) is 14.8. The van der Waals surface area contributed by atoms with Crippen LogP contribution in [0.15, 0.2) is 18.2 Å². The highest BCUT2D eigenvalue weighted by molar-refractivity contribution is 5.50. The lowest BCUT2D eigenvalue weighted by atomic mass is 9.82. The number of hydrogen-bond donors (Lipinski definition) is 1. The molecule has 1 aromatic carbocycles. The Labute approximate surface area is 127 Å². The quantitative estimate of drug-likeness (QED) is 0.889. The van der Waals surface area contributed by atoms with Crippen LogP contribution < -0.4 is 10.2 Å². The van der Waals surface area contributed by atoms with E-state index in [1.54, 1.807) is 6.07 Å². The Balaban J connectivity index is 1.74. The lowest BCUT2D eigenvalue weighted by Gasteiger charge is -2.44. The van der Waals surface area contributed by atoms with Crippen LogP contribution >= 0.6 is 0 Å². The molecule has 1 aliphatic heterocycles. The number of nitrogens with one attached hydrogen (secondary N) is 1. The molecule has 0 bridgehead atoms. The van der Waals surface area contributed by atoms with Crippen LogP contribution in [-0.4, -0.2) is 25.2 Å². The molecule has 1 saturated heterocycles. The molecular weight excluding hydrogens is 263 g/mol. The summed E-state index contributed by atoms with van der Waals surface area (Å²) in [5.74, 6) is 0.709. The third-order valence-corrected chi connectivity index (χ3v) is 5.29. The van der Waals surface area contributed by atoms with Crippen LogP contribution in [0.25, 0.3) is 0 Å². The Kier molecular flexibility index (Phi) is 4.48. The van der Waals surface area contributed by atoms with Gasteiger partial charge in [-0.3, -0.25) is 0 Å². The molecule has 2 atom stereocenters. The molecular formula is C18H27FN2. The Morgan fingerprint density at radius 1 is 1.19 bits per heavy atom. The van der Waals surface area contributed by atoms with Gasteiger partial charge in [0.25, 0.3) is 0 Å². The maximum absolute atomic E-state index is 13.5. The molecule has 3 rings (SSSR count). The summed E-state index contributed by atoms with van der Waals surface area (Å²) < 4.78 is 13.5. The van der Waals surface area contributed by atoms with Crippen LogP contribution in [0.1, 0.15) is 44.6 Å². The molecule has 0 spiro atoms. The fourth-order valence-electron chi connectivity index (χ4n) is 3.91. The van der Waals surface area contributed by atoms with E-state index >= 15 is 0 Å². The summed E-state index contributed by atoms with van der Waals surface area (Å²) in [5.41, 5.74) is 1.91. The Morgan fingerprint density at radius 3 is 2.67 bits per heavy atom. The summed E-state index contributed by atoms with van der Waals surface area (Å²) in [5, 5.41) is 3.75. The van der Waals surface area contributed by atoms with Gasteiger partial charge in [-0.1, -0.05) is 19.3 Å². The smallest absolute Gasteiger partial charge is 0.126 e. The molecule has 1 aromatic rings. The number of anilines is 1. The zero-order valence-electron chi connectivity index (χ0n) is 13.2. The lowest BCUT2D eigenvalue weighted by Crippen LogP contribution is -2.58. The van der Waals surface area contributed by atoms with Gasteiger partial charge in [-0.25, -0.2) is 4.39 Å². The fraction of sp³-hybridized carbons (Fsp3) is 0.667. The molecule has 1 heterocycles. The molecule has 1 N–H and O–H groups in total. The first-order chi connectivity index (χ1) is 10.1. The van der Waals surface area contributed by atoms with Crippen molar-refractivity contribution < 1.29 is 4.39 Å². The van der Waals surface area contributed by atoms with E-state index in [0.29, 0.717) is 12.1 Å². The molecule has 0 radical (unpaired) electrons. The van der Waals surface area contributed by atoms with Gasteiger partial charge in [0.15, 0.2) is 0 Å². The standard InChI is InChI=1S/C18H27FN2/c1-13-10-16(8-9-17(13)19)21-12-18(20-11-14(21)2)15-6-4-3-5-7-15/h8-10,14-15,18,20H,3-7,11-12H2,1-2H3. The van der Waals surface area contributed by atoms with Crippen LogP contribution in [0.2, 0.25) is 0 Å². The van der Waals surface area contributed by atoms with Crippen LogP contribution in [-0.2, 0) is 0 Å². The Bertz CT molecular complexity index is 482. The van der Waals surface area contributed by atoms with E-state index in [1.807, 2.05) is 19.1 Å². The summed E-state index contributed by atoms with van der Waals surface area (Å²) in [4.78, 5) is 2.46. The van der Waals surface area contributed by atoms with Crippen molar-refractivity contribution in [1.82, 2.24) is 5.32 Å². The molecule has 2 nitrogen and oxygen atoms in total. The molecule has 2 fully saturated rings. The van der Waals surface area contributed by atoms with E-state index in [0.717, 1.165) is 24.6 Å². The summed E-state index contributed by atoms with van der Waals surface area (Å²) in [6.45, 7) is 6.18. The molecule has 1 saturated carbocycles. The van der Waals surface area contributed by atoms with Crippen molar-refractivity contribution in [3.8, 4) is 0 Å².